The first-order chi connectivity index (χ1) is 5.46. The van der Waals surface area contributed by atoms with Gasteiger partial charge in [0.05, 0.1) is 6.57 Å². The van der Waals surface area contributed by atoms with Crippen molar-refractivity contribution in [1.82, 2.24) is 9.78 Å². The zero-order chi connectivity index (χ0) is 9.35. The molecule has 0 radical (unpaired) electrons. The van der Waals surface area contributed by atoms with Crippen LogP contribution < -0.4 is 0 Å². The monoisotopic (exact) mass is 174 g/mol. The lowest BCUT2D eigenvalue weighted by Crippen LogP contribution is -2.10. The fourth-order valence-corrected chi connectivity index (χ4v) is 0.749. The van der Waals surface area contributed by atoms with Crippen LogP contribution in [-0.2, 0) is 6.18 Å². The van der Waals surface area contributed by atoms with Gasteiger partial charge in [-0.25, -0.2) is 5.10 Å². The van der Waals surface area contributed by atoms with E-state index in [1.807, 2.05) is 0 Å². The van der Waals surface area contributed by atoms with Crippen LogP contribution in [0.3, 0.4) is 0 Å². The summed E-state index contributed by atoms with van der Waals surface area (Å²) in [4.78, 5) is 2.66. The average Bonchev–Trinajstić information content (AvgIpc) is 2.29. The Morgan fingerprint density at radius 1 is 1.58 bits per heavy atom. The molecular formula is C6H3F3N3-. The third-order valence-corrected chi connectivity index (χ3v) is 1.21. The van der Waals surface area contributed by atoms with Gasteiger partial charge in [-0.3, -0.25) is 4.85 Å². The van der Waals surface area contributed by atoms with Crippen molar-refractivity contribution in [3.8, 4) is 0 Å². The molecule has 0 N–H and O–H groups in total. The van der Waals surface area contributed by atoms with Crippen LogP contribution in [0.1, 0.15) is 5.69 Å². The standard InChI is InChI=1S/C6H3F3N3/c1-10-4-3-11-12(2)5(4)6(7,8)9/h3H,2H2/q-1. The van der Waals surface area contributed by atoms with Crippen LogP contribution in [0.5, 0.6) is 0 Å². The maximum absolute atomic E-state index is 12.1. The molecule has 0 amide bonds. The second kappa shape index (κ2) is 2.44. The highest BCUT2D eigenvalue weighted by Gasteiger charge is 2.29. The Labute approximate surface area is 66.2 Å². The zero-order valence-corrected chi connectivity index (χ0v) is 5.76. The van der Waals surface area contributed by atoms with Crippen molar-refractivity contribution in [1.29, 1.82) is 0 Å². The Morgan fingerprint density at radius 3 is 2.50 bits per heavy atom. The number of halogens is 3. The third-order valence-electron chi connectivity index (χ3n) is 1.21. The van der Waals surface area contributed by atoms with E-state index in [0.717, 1.165) is 6.20 Å². The van der Waals surface area contributed by atoms with E-state index in [4.69, 9.17) is 6.57 Å². The van der Waals surface area contributed by atoms with Crippen molar-refractivity contribution in [2.75, 3.05) is 0 Å². The van der Waals surface area contributed by atoms with Crippen molar-refractivity contribution in [2.24, 2.45) is 0 Å². The minimum atomic E-state index is -4.57. The summed E-state index contributed by atoms with van der Waals surface area (Å²) in [7, 11) is 3.00. The van der Waals surface area contributed by atoms with Crippen LogP contribution in [0, 0.1) is 13.6 Å². The lowest BCUT2D eigenvalue weighted by molar-refractivity contribution is -0.142. The van der Waals surface area contributed by atoms with Crippen LogP contribution in [0.4, 0.5) is 18.9 Å². The van der Waals surface area contributed by atoms with E-state index in [0.29, 0.717) is 4.68 Å². The molecule has 1 rings (SSSR count). The minimum Gasteiger partial charge on any atom is -0.409 e. The van der Waals surface area contributed by atoms with Crippen LogP contribution in [0.15, 0.2) is 6.20 Å². The number of nitrogens with zero attached hydrogens (tertiary/aromatic N) is 3. The SMILES string of the molecule is [C-]#[N+]c1cnn([CH2-])c1C(F)(F)F. The molecule has 1 aromatic rings. The summed E-state index contributed by atoms with van der Waals surface area (Å²) in [5, 5.41) is 3.23. The Bertz CT molecular complexity index is 331. The maximum Gasteiger partial charge on any atom is 0.355 e. The van der Waals surface area contributed by atoms with Gasteiger partial charge in [0, 0.05) is 6.20 Å². The van der Waals surface area contributed by atoms with Crippen molar-refractivity contribution >= 4 is 5.69 Å². The molecule has 0 aliphatic carbocycles. The summed E-state index contributed by atoms with van der Waals surface area (Å²) < 4.78 is 36.7. The van der Waals surface area contributed by atoms with Crippen LogP contribution in [0.25, 0.3) is 4.85 Å². The Kier molecular flexibility index (Phi) is 1.72. The molecule has 1 aromatic heterocycles. The second-order valence-electron chi connectivity index (χ2n) is 1.99. The topological polar surface area (TPSA) is 22.2 Å². The molecule has 1 heterocycles. The molecule has 12 heavy (non-hydrogen) atoms. The van der Waals surface area contributed by atoms with Gasteiger partial charge in [0.2, 0.25) is 0 Å². The minimum absolute atomic E-state index is 0.396. The lowest BCUT2D eigenvalue weighted by Gasteiger charge is -2.15. The molecule has 64 valence electrons. The van der Waals surface area contributed by atoms with Crippen molar-refractivity contribution in [2.45, 2.75) is 6.18 Å². The van der Waals surface area contributed by atoms with E-state index in [-0.39, 0.29) is 0 Å². The molecule has 0 unspecified atom stereocenters. The highest BCUT2D eigenvalue weighted by molar-refractivity contribution is 5.49. The van der Waals surface area contributed by atoms with Crippen LogP contribution in [-0.4, -0.2) is 9.78 Å². The number of alkyl halides is 3. The van der Waals surface area contributed by atoms with Gasteiger partial charge in [0.25, 0.3) is 0 Å². The van der Waals surface area contributed by atoms with Crippen LogP contribution >= 0.6 is 0 Å². The smallest absolute Gasteiger partial charge is 0.355 e. The maximum atomic E-state index is 12.1. The summed E-state index contributed by atoms with van der Waals surface area (Å²) in [6.45, 7) is 6.42. The second-order valence-corrected chi connectivity index (χ2v) is 1.99. The van der Waals surface area contributed by atoms with E-state index in [9.17, 15) is 13.2 Å². The average molecular weight is 174 g/mol. The van der Waals surface area contributed by atoms with Gasteiger partial charge in [-0.1, -0.05) is 0 Å². The fourth-order valence-electron chi connectivity index (χ4n) is 0.749. The fraction of sp³-hybridized carbons (Fsp3) is 0.167. The molecule has 0 atom stereocenters. The van der Waals surface area contributed by atoms with Crippen molar-refractivity contribution < 1.29 is 13.2 Å². The van der Waals surface area contributed by atoms with Gasteiger partial charge < -0.3 is 4.68 Å². The van der Waals surface area contributed by atoms with Gasteiger partial charge in [-0.15, -0.1) is 0 Å². The number of aromatic nitrogens is 2. The lowest BCUT2D eigenvalue weighted by atomic mass is 10.3. The number of hydrogen-bond acceptors (Lipinski definition) is 1. The molecular weight excluding hydrogens is 171 g/mol. The third kappa shape index (κ3) is 1.21. The van der Waals surface area contributed by atoms with E-state index in [1.165, 1.54) is 0 Å². The molecule has 0 fully saturated rings. The summed E-state index contributed by atoms with van der Waals surface area (Å²) in [6, 6.07) is 0. The van der Waals surface area contributed by atoms with Gasteiger partial charge in [-0.05, 0) is 5.69 Å². The van der Waals surface area contributed by atoms with E-state index < -0.39 is 17.6 Å². The van der Waals surface area contributed by atoms with Gasteiger partial charge >= 0.3 is 6.18 Å². The zero-order valence-electron chi connectivity index (χ0n) is 5.76. The Morgan fingerprint density at radius 2 is 2.17 bits per heavy atom. The van der Waals surface area contributed by atoms with E-state index >= 15 is 0 Å². The summed E-state index contributed by atoms with van der Waals surface area (Å²) in [6.07, 6.45) is -3.74. The quantitative estimate of drug-likeness (QED) is 0.552. The Balaban J connectivity index is 3.32. The summed E-state index contributed by atoms with van der Waals surface area (Å²) in [5.41, 5.74) is -1.64. The van der Waals surface area contributed by atoms with Crippen LogP contribution in [0.2, 0.25) is 0 Å². The van der Waals surface area contributed by atoms with Gasteiger partial charge in [0.1, 0.15) is 0 Å². The molecule has 0 aromatic carbocycles. The van der Waals surface area contributed by atoms with Gasteiger partial charge in [0.15, 0.2) is 5.69 Å². The molecule has 0 saturated carbocycles. The molecule has 3 nitrogen and oxygen atoms in total. The molecule has 0 bridgehead atoms. The highest BCUT2D eigenvalue weighted by atomic mass is 19.4. The normalized spacial score (nSPS) is 11.2. The van der Waals surface area contributed by atoms with Gasteiger partial charge in [-0.2, -0.15) is 20.2 Å². The molecule has 0 saturated heterocycles. The molecule has 0 aliphatic heterocycles. The predicted octanol–water partition coefficient (Wildman–Crippen LogP) is 2.09. The molecule has 6 heteroatoms. The summed E-state index contributed by atoms with van der Waals surface area (Å²) >= 11 is 0. The van der Waals surface area contributed by atoms with E-state index in [2.05, 4.69) is 17.0 Å². The van der Waals surface area contributed by atoms with E-state index in [1.54, 1.807) is 0 Å². The highest BCUT2D eigenvalue weighted by Crippen LogP contribution is 2.35. The van der Waals surface area contributed by atoms with Crippen molar-refractivity contribution in [3.05, 3.63) is 30.4 Å². The molecule has 0 aliphatic rings. The van der Waals surface area contributed by atoms with Crippen molar-refractivity contribution in [3.63, 3.8) is 0 Å². The summed E-state index contributed by atoms with van der Waals surface area (Å²) in [5.74, 6) is 0. The largest absolute Gasteiger partial charge is 0.409 e. The predicted molar refractivity (Wildman–Crippen MR) is 34.2 cm³/mol. The molecule has 0 spiro atoms. The Hall–Kier alpha value is -1.64. The first-order valence-electron chi connectivity index (χ1n) is 2.80. The first-order valence-corrected chi connectivity index (χ1v) is 2.80. The number of hydrogen-bond donors (Lipinski definition) is 0. The first kappa shape index (κ1) is 8.46. The number of rotatable bonds is 0.